The van der Waals surface area contributed by atoms with Crippen molar-refractivity contribution in [2.75, 3.05) is 53.4 Å². The lowest BCUT2D eigenvalue weighted by Gasteiger charge is -2.35. The quantitative estimate of drug-likeness (QED) is 0.865. The lowest BCUT2D eigenvalue weighted by atomic mass is 10.1. The topological polar surface area (TPSA) is 47.0 Å². The Labute approximate surface area is 126 Å². The minimum atomic E-state index is 0.146. The second-order valence-corrected chi connectivity index (χ2v) is 5.87. The summed E-state index contributed by atoms with van der Waals surface area (Å²) in [5.41, 5.74) is 0.870. The normalized spacial score (nSPS) is 16.4. The third-order valence-electron chi connectivity index (χ3n) is 3.85. The molecule has 0 unspecified atom stereocenters. The first-order valence-electron chi connectivity index (χ1n) is 7.47. The Hall–Kier alpha value is -1.59. The van der Waals surface area contributed by atoms with E-state index in [1.807, 2.05) is 11.0 Å². The zero-order valence-electron chi connectivity index (χ0n) is 13.0. The van der Waals surface area contributed by atoms with Crippen LogP contribution in [0.25, 0.3) is 0 Å². The zero-order valence-corrected chi connectivity index (χ0v) is 13.0. The van der Waals surface area contributed by atoms with Crippen LogP contribution in [0.2, 0.25) is 0 Å². The van der Waals surface area contributed by atoms with Gasteiger partial charge >= 0.3 is 0 Å². The molecule has 0 atom stereocenters. The van der Waals surface area contributed by atoms with Gasteiger partial charge in [-0.15, -0.1) is 0 Å². The summed E-state index contributed by atoms with van der Waals surface area (Å²) in [7, 11) is 4.16. The molecule has 116 valence electrons. The summed E-state index contributed by atoms with van der Waals surface area (Å²) < 4.78 is 0. The number of nitrogens with zero attached hydrogens (tertiary/aromatic N) is 3. The molecular weight excluding hydrogens is 266 g/mol. The third kappa shape index (κ3) is 5.02. The average molecular weight is 291 g/mol. The van der Waals surface area contributed by atoms with Gasteiger partial charge in [0.05, 0.1) is 6.42 Å². The standard InChI is InChI=1S/C16H25N3O2/c1-17(2)6-7-18-8-10-19(11-9-18)16(21)13-14-4-3-5-15(20)12-14/h3-5,12,20H,6-11,13H2,1-2H3. The second kappa shape index (κ2) is 7.43. The molecule has 5 heteroatoms. The van der Waals surface area contributed by atoms with E-state index in [4.69, 9.17) is 0 Å². The Morgan fingerprint density at radius 3 is 2.57 bits per heavy atom. The summed E-state index contributed by atoms with van der Waals surface area (Å²) in [6.45, 7) is 5.59. The molecule has 1 fully saturated rings. The molecule has 0 saturated carbocycles. The zero-order chi connectivity index (χ0) is 15.2. The highest BCUT2D eigenvalue weighted by Gasteiger charge is 2.20. The SMILES string of the molecule is CN(C)CCN1CCN(C(=O)Cc2cccc(O)c2)CC1. The van der Waals surface area contributed by atoms with E-state index < -0.39 is 0 Å². The van der Waals surface area contributed by atoms with E-state index in [0.29, 0.717) is 6.42 Å². The van der Waals surface area contributed by atoms with Gasteiger partial charge in [0.25, 0.3) is 0 Å². The lowest BCUT2D eigenvalue weighted by molar-refractivity contribution is -0.132. The molecule has 2 rings (SSSR count). The highest BCUT2D eigenvalue weighted by Crippen LogP contribution is 2.13. The molecule has 0 radical (unpaired) electrons. The summed E-state index contributed by atoms with van der Waals surface area (Å²) in [5, 5.41) is 9.44. The number of phenols is 1. The first-order chi connectivity index (χ1) is 10.0. The molecule has 21 heavy (non-hydrogen) atoms. The van der Waals surface area contributed by atoms with Gasteiger partial charge in [0.2, 0.25) is 5.91 Å². The first kappa shape index (κ1) is 15.8. The molecule has 0 bridgehead atoms. The molecule has 1 amide bonds. The average Bonchev–Trinajstić information content (AvgIpc) is 2.45. The van der Waals surface area contributed by atoms with Crippen LogP contribution < -0.4 is 0 Å². The fraction of sp³-hybridized carbons (Fsp3) is 0.562. The molecule has 1 saturated heterocycles. The number of likely N-dealkylation sites (N-methyl/N-ethyl adjacent to an activating group) is 1. The molecule has 1 heterocycles. The Balaban J connectivity index is 1.78. The van der Waals surface area contributed by atoms with Gasteiger partial charge in [-0.25, -0.2) is 0 Å². The number of piperazine rings is 1. The van der Waals surface area contributed by atoms with E-state index in [2.05, 4.69) is 23.9 Å². The Bertz CT molecular complexity index is 468. The van der Waals surface area contributed by atoms with E-state index in [1.54, 1.807) is 18.2 Å². The second-order valence-electron chi connectivity index (χ2n) is 5.87. The van der Waals surface area contributed by atoms with Crippen LogP contribution in [-0.4, -0.2) is 79.1 Å². The Kier molecular flexibility index (Phi) is 5.59. The number of rotatable bonds is 5. The predicted octanol–water partition coefficient (Wildman–Crippen LogP) is 0.641. The molecule has 1 aliphatic rings. The van der Waals surface area contributed by atoms with Crippen molar-refractivity contribution in [2.24, 2.45) is 0 Å². The summed E-state index contributed by atoms with van der Waals surface area (Å²) in [6, 6.07) is 6.94. The van der Waals surface area contributed by atoms with Crippen molar-refractivity contribution in [3.63, 3.8) is 0 Å². The number of amides is 1. The predicted molar refractivity (Wildman–Crippen MR) is 83.4 cm³/mol. The third-order valence-corrected chi connectivity index (χ3v) is 3.85. The van der Waals surface area contributed by atoms with Gasteiger partial charge in [-0.05, 0) is 31.8 Å². The molecule has 1 aromatic carbocycles. The monoisotopic (exact) mass is 291 g/mol. The minimum absolute atomic E-state index is 0.146. The number of carbonyl (C=O) groups excluding carboxylic acids is 1. The van der Waals surface area contributed by atoms with Crippen LogP contribution in [0, 0.1) is 0 Å². The van der Waals surface area contributed by atoms with E-state index in [-0.39, 0.29) is 11.7 Å². The van der Waals surface area contributed by atoms with E-state index in [9.17, 15) is 9.90 Å². The molecule has 0 aromatic heterocycles. The van der Waals surface area contributed by atoms with Crippen molar-refractivity contribution in [3.8, 4) is 5.75 Å². The van der Waals surface area contributed by atoms with Gasteiger partial charge in [-0.2, -0.15) is 0 Å². The number of carbonyl (C=O) groups is 1. The summed E-state index contributed by atoms with van der Waals surface area (Å²) in [5.74, 6) is 0.363. The lowest BCUT2D eigenvalue weighted by Crippen LogP contribution is -2.50. The number of hydrogen-bond donors (Lipinski definition) is 1. The van der Waals surface area contributed by atoms with Crippen molar-refractivity contribution in [1.29, 1.82) is 0 Å². The summed E-state index contributed by atoms with van der Waals surface area (Å²) in [4.78, 5) is 18.8. The van der Waals surface area contributed by atoms with Crippen LogP contribution in [-0.2, 0) is 11.2 Å². The van der Waals surface area contributed by atoms with Crippen LogP contribution in [0.4, 0.5) is 0 Å². The summed E-state index contributed by atoms with van der Waals surface area (Å²) >= 11 is 0. The van der Waals surface area contributed by atoms with E-state index in [0.717, 1.165) is 44.8 Å². The molecular formula is C16H25N3O2. The van der Waals surface area contributed by atoms with Crippen LogP contribution in [0.1, 0.15) is 5.56 Å². The van der Waals surface area contributed by atoms with Crippen molar-refractivity contribution >= 4 is 5.91 Å². The van der Waals surface area contributed by atoms with Crippen molar-refractivity contribution < 1.29 is 9.90 Å². The summed E-state index contributed by atoms with van der Waals surface area (Å²) in [6.07, 6.45) is 0.367. The van der Waals surface area contributed by atoms with Gasteiger partial charge in [0.15, 0.2) is 0 Å². The number of hydrogen-bond acceptors (Lipinski definition) is 4. The van der Waals surface area contributed by atoms with E-state index in [1.165, 1.54) is 0 Å². The Morgan fingerprint density at radius 2 is 1.95 bits per heavy atom. The minimum Gasteiger partial charge on any atom is -0.508 e. The fourth-order valence-electron chi connectivity index (χ4n) is 2.52. The van der Waals surface area contributed by atoms with E-state index >= 15 is 0 Å². The Morgan fingerprint density at radius 1 is 1.24 bits per heavy atom. The number of benzene rings is 1. The van der Waals surface area contributed by atoms with Crippen molar-refractivity contribution in [3.05, 3.63) is 29.8 Å². The maximum atomic E-state index is 12.3. The van der Waals surface area contributed by atoms with Crippen LogP contribution in [0.5, 0.6) is 5.75 Å². The maximum Gasteiger partial charge on any atom is 0.227 e. The molecule has 1 aromatic rings. The number of phenolic OH excluding ortho intramolecular Hbond substituents is 1. The van der Waals surface area contributed by atoms with Crippen LogP contribution in [0.3, 0.4) is 0 Å². The molecule has 0 aliphatic carbocycles. The number of aromatic hydroxyl groups is 1. The molecule has 0 spiro atoms. The van der Waals surface area contributed by atoms with Crippen LogP contribution in [0.15, 0.2) is 24.3 Å². The van der Waals surface area contributed by atoms with Gasteiger partial charge in [-0.3, -0.25) is 9.69 Å². The molecule has 1 aliphatic heterocycles. The van der Waals surface area contributed by atoms with Gasteiger partial charge in [0, 0.05) is 39.3 Å². The first-order valence-corrected chi connectivity index (χ1v) is 7.47. The van der Waals surface area contributed by atoms with Crippen molar-refractivity contribution in [2.45, 2.75) is 6.42 Å². The van der Waals surface area contributed by atoms with Gasteiger partial charge in [0.1, 0.15) is 5.75 Å². The molecule has 5 nitrogen and oxygen atoms in total. The van der Waals surface area contributed by atoms with Crippen LogP contribution >= 0.6 is 0 Å². The van der Waals surface area contributed by atoms with Gasteiger partial charge < -0.3 is 14.9 Å². The van der Waals surface area contributed by atoms with Crippen molar-refractivity contribution in [1.82, 2.24) is 14.7 Å². The largest absolute Gasteiger partial charge is 0.508 e. The van der Waals surface area contributed by atoms with Gasteiger partial charge in [-0.1, -0.05) is 12.1 Å². The highest BCUT2D eigenvalue weighted by atomic mass is 16.3. The smallest absolute Gasteiger partial charge is 0.227 e. The maximum absolute atomic E-state index is 12.3. The highest BCUT2D eigenvalue weighted by molar-refractivity contribution is 5.79. The molecule has 1 N–H and O–H groups in total. The fourth-order valence-corrected chi connectivity index (χ4v) is 2.52.